The van der Waals surface area contributed by atoms with E-state index < -0.39 is 6.09 Å². The van der Waals surface area contributed by atoms with Gasteiger partial charge in [-0.2, -0.15) is 0 Å². The van der Waals surface area contributed by atoms with Gasteiger partial charge in [-0.15, -0.1) is 11.3 Å². The van der Waals surface area contributed by atoms with Crippen LogP contribution in [-0.4, -0.2) is 37.2 Å². The number of hydrogen-bond acceptors (Lipinski definition) is 6. The van der Waals surface area contributed by atoms with Crippen molar-refractivity contribution in [1.29, 1.82) is 0 Å². The molecule has 0 fully saturated rings. The molecule has 1 aromatic carbocycles. The Labute approximate surface area is 163 Å². The molecule has 0 aliphatic carbocycles. The highest BCUT2D eigenvalue weighted by Crippen LogP contribution is 2.18. The van der Waals surface area contributed by atoms with E-state index in [1.165, 1.54) is 11.3 Å². The lowest BCUT2D eigenvalue weighted by Crippen LogP contribution is -2.27. The van der Waals surface area contributed by atoms with E-state index in [0.29, 0.717) is 30.4 Å². The zero-order valence-electron chi connectivity index (χ0n) is 15.8. The summed E-state index contributed by atoms with van der Waals surface area (Å²) in [5.41, 5.74) is 1.65. The van der Waals surface area contributed by atoms with Crippen molar-refractivity contribution < 1.29 is 19.1 Å². The number of nitrogens with one attached hydrogen (secondary N) is 2. The van der Waals surface area contributed by atoms with Gasteiger partial charge in [0.25, 0.3) is 0 Å². The summed E-state index contributed by atoms with van der Waals surface area (Å²) in [6.07, 6.45) is 0.304. The first kappa shape index (κ1) is 20.7. The molecule has 0 unspecified atom stereocenters. The molecule has 0 aliphatic heterocycles. The lowest BCUT2D eigenvalue weighted by Gasteiger charge is -2.08. The van der Waals surface area contributed by atoms with Crippen LogP contribution in [0.3, 0.4) is 0 Å². The number of ether oxygens (including phenoxy) is 2. The molecule has 2 rings (SSSR count). The number of hydrogen-bond donors (Lipinski definition) is 2. The van der Waals surface area contributed by atoms with Gasteiger partial charge in [0.1, 0.15) is 5.75 Å². The van der Waals surface area contributed by atoms with E-state index in [-0.39, 0.29) is 18.2 Å². The molecule has 8 heteroatoms. The van der Waals surface area contributed by atoms with Gasteiger partial charge in [-0.1, -0.05) is 32.0 Å². The van der Waals surface area contributed by atoms with Gasteiger partial charge < -0.3 is 14.8 Å². The minimum atomic E-state index is -0.536. The topological polar surface area (TPSA) is 89.6 Å². The fourth-order valence-corrected chi connectivity index (χ4v) is 2.98. The smallest absolute Gasteiger partial charge is 0.413 e. The van der Waals surface area contributed by atoms with Crippen LogP contribution in [0.4, 0.5) is 9.93 Å². The number of thiazole rings is 1. The van der Waals surface area contributed by atoms with Gasteiger partial charge in [0.15, 0.2) is 5.13 Å². The maximum absolute atomic E-state index is 12.1. The SMILES string of the molecule is COc1ccccc1CCNC(=O)Cc1csc(NC(=O)OCC(C)C)n1. The van der Waals surface area contributed by atoms with Crippen LogP contribution >= 0.6 is 11.3 Å². The van der Waals surface area contributed by atoms with Gasteiger partial charge in [-0.3, -0.25) is 10.1 Å². The number of rotatable bonds is 9. The quantitative estimate of drug-likeness (QED) is 0.685. The molecular formula is C19H25N3O4S. The van der Waals surface area contributed by atoms with Gasteiger partial charge in [0.2, 0.25) is 5.91 Å². The first-order valence-electron chi connectivity index (χ1n) is 8.74. The summed E-state index contributed by atoms with van der Waals surface area (Å²) < 4.78 is 10.3. The van der Waals surface area contributed by atoms with E-state index in [9.17, 15) is 9.59 Å². The first-order chi connectivity index (χ1) is 13.0. The average Bonchev–Trinajstić information content (AvgIpc) is 3.07. The van der Waals surface area contributed by atoms with Crippen molar-refractivity contribution in [2.45, 2.75) is 26.7 Å². The molecule has 2 aromatic rings. The molecule has 0 radical (unpaired) electrons. The number of methoxy groups -OCH3 is 1. The number of anilines is 1. The van der Waals surface area contributed by atoms with E-state index in [1.807, 2.05) is 38.1 Å². The van der Waals surface area contributed by atoms with Gasteiger partial charge >= 0.3 is 6.09 Å². The highest BCUT2D eigenvalue weighted by molar-refractivity contribution is 7.13. The third-order valence-electron chi connectivity index (χ3n) is 3.56. The van der Waals surface area contributed by atoms with Crippen molar-refractivity contribution in [1.82, 2.24) is 10.3 Å². The minimum absolute atomic E-state index is 0.121. The fourth-order valence-electron chi connectivity index (χ4n) is 2.28. The summed E-state index contributed by atoms with van der Waals surface area (Å²) in [6.45, 7) is 4.77. The van der Waals surface area contributed by atoms with Crippen LogP contribution in [0.25, 0.3) is 0 Å². The number of nitrogens with zero attached hydrogens (tertiary/aromatic N) is 1. The summed E-state index contributed by atoms with van der Waals surface area (Å²) in [5.74, 6) is 0.956. The largest absolute Gasteiger partial charge is 0.496 e. The Morgan fingerprint density at radius 1 is 1.26 bits per heavy atom. The predicted octanol–water partition coefficient (Wildman–Crippen LogP) is 3.26. The van der Waals surface area contributed by atoms with E-state index in [4.69, 9.17) is 9.47 Å². The second-order valence-electron chi connectivity index (χ2n) is 6.35. The number of aromatic nitrogens is 1. The molecule has 0 atom stereocenters. The van der Waals surface area contributed by atoms with Crippen LogP contribution in [0, 0.1) is 5.92 Å². The lowest BCUT2D eigenvalue weighted by atomic mass is 10.1. The molecular weight excluding hydrogens is 366 g/mol. The number of amides is 2. The average molecular weight is 391 g/mol. The number of benzene rings is 1. The Morgan fingerprint density at radius 2 is 2.04 bits per heavy atom. The molecule has 146 valence electrons. The molecule has 0 aliphatic rings. The fraction of sp³-hybridized carbons (Fsp3) is 0.421. The maximum atomic E-state index is 12.1. The number of carbonyl (C=O) groups excluding carboxylic acids is 2. The monoisotopic (exact) mass is 391 g/mol. The van der Waals surface area contributed by atoms with E-state index in [1.54, 1.807) is 12.5 Å². The Hall–Kier alpha value is -2.61. The highest BCUT2D eigenvalue weighted by Gasteiger charge is 2.11. The van der Waals surface area contributed by atoms with Crippen molar-refractivity contribution >= 4 is 28.5 Å². The van der Waals surface area contributed by atoms with Crippen LogP contribution in [0.15, 0.2) is 29.6 Å². The molecule has 2 N–H and O–H groups in total. The van der Waals surface area contributed by atoms with Crippen molar-refractivity contribution in [2.24, 2.45) is 5.92 Å². The van der Waals surface area contributed by atoms with Crippen LogP contribution in [0.5, 0.6) is 5.75 Å². The van der Waals surface area contributed by atoms with E-state index in [0.717, 1.165) is 11.3 Å². The normalized spacial score (nSPS) is 10.5. The maximum Gasteiger partial charge on any atom is 0.413 e. The minimum Gasteiger partial charge on any atom is -0.496 e. The Balaban J connectivity index is 1.74. The number of para-hydroxylation sites is 1. The van der Waals surface area contributed by atoms with Crippen LogP contribution in [0.1, 0.15) is 25.1 Å². The Kier molecular flexibility index (Phi) is 8.06. The zero-order valence-corrected chi connectivity index (χ0v) is 16.6. The predicted molar refractivity (Wildman–Crippen MR) is 105 cm³/mol. The standard InChI is InChI=1S/C19H25N3O4S/c1-13(2)11-26-19(24)22-18-21-15(12-27-18)10-17(23)20-9-8-14-6-4-5-7-16(14)25-3/h4-7,12-13H,8-11H2,1-3H3,(H,20,23)(H,21,22,24). The summed E-state index contributed by atoms with van der Waals surface area (Å²) in [6, 6.07) is 7.72. The molecule has 1 aromatic heterocycles. The molecule has 0 saturated carbocycles. The number of carbonyl (C=O) groups is 2. The Morgan fingerprint density at radius 3 is 2.78 bits per heavy atom. The van der Waals surface area contributed by atoms with Crippen LogP contribution in [-0.2, 0) is 22.4 Å². The molecule has 0 bridgehead atoms. The summed E-state index contributed by atoms with van der Waals surface area (Å²) in [7, 11) is 1.63. The van der Waals surface area contributed by atoms with Gasteiger partial charge in [-0.25, -0.2) is 9.78 Å². The van der Waals surface area contributed by atoms with Crippen molar-refractivity contribution in [2.75, 3.05) is 25.6 Å². The van der Waals surface area contributed by atoms with Gasteiger partial charge in [0.05, 0.1) is 25.8 Å². The van der Waals surface area contributed by atoms with Crippen molar-refractivity contribution in [3.8, 4) is 5.75 Å². The third-order valence-corrected chi connectivity index (χ3v) is 4.37. The van der Waals surface area contributed by atoms with Crippen LogP contribution < -0.4 is 15.4 Å². The Bertz CT molecular complexity index is 761. The van der Waals surface area contributed by atoms with Gasteiger partial charge in [0, 0.05) is 11.9 Å². The zero-order chi connectivity index (χ0) is 19.6. The highest BCUT2D eigenvalue weighted by atomic mass is 32.1. The molecule has 1 heterocycles. The molecule has 7 nitrogen and oxygen atoms in total. The van der Waals surface area contributed by atoms with Gasteiger partial charge in [-0.05, 0) is 24.0 Å². The lowest BCUT2D eigenvalue weighted by molar-refractivity contribution is -0.120. The molecule has 0 spiro atoms. The van der Waals surface area contributed by atoms with Crippen molar-refractivity contribution in [3.63, 3.8) is 0 Å². The summed E-state index contributed by atoms with van der Waals surface area (Å²) >= 11 is 1.26. The van der Waals surface area contributed by atoms with Crippen LogP contribution in [0.2, 0.25) is 0 Å². The second-order valence-corrected chi connectivity index (χ2v) is 7.21. The van der Waals surface area contributed by atoms with E-state index in [2.05, 4.69) is 15.6 Å². The van der Waals surface area contributed by atoms with E-state index >= 15 is 0 Å². The first-order valence-corrected chi connectivity index (χ1v) is 9.62. The summed E-state index contributed by atoms with van der Waals surface area (Å²) in [5, 5.41) is 7.61. The third kappa shape index (κ3) is 7.26. The molecule has 0 saturated heterocycles. The second kappa shape index (κ2) is 10.5. The molecule has 2 amide bonds. The molecule has 27 heavy (non-hydrogen) atoms. The van der Waals surface area contributed by atoms with Crippen molar-refractivity contribution in [3.05, 3.63) is 40.9 Å². The summed E-state index contributed by atoms with van der Waals surface area (Å²) in [4.78, 5) is 27.9.